The van der Waals surface area contributed by atoms with Crippen molar-refractivity contribution in [1.82, 2.24) is 14.5 Å². The summed E-state index contributed by atoms with van der Waals surface area (Å²) < 4.78 is 2.18. The molecule has 0 aliphatic heterocycles. The second-order valence-corrected chi connectivity index (χ2v) is 5.01. The molecule has 2 N–H and O–H groups in total. The van der Waals surface area contributed by atoms with Gasteiger partial charge < -0.3 is 10.3 Å². The van der Waals surface area contributed by atoms with Crippen LogP contribution in [-0.4, -0.2) is 14.5 Å². The Morgan fingerprint density at radius 3 is 2.90 bits per heavy atom. The predicted octanol–water partition coefficient (Wildman–Crippen LogP) is 3.40. The Morgan fingerprint density at radius 1 is 1.25 bits per heavy atom. The third kappa shape index (κ3) is 2.03. The number of anilines is 1. The maximum atomic E-state index is 5.93. The fourth-order valence-corrected chi connectivity index (χ4v) is 2.48. The molecule has 0 amide bonds. The molecule has 102 valence electrons. The Balaban J connectivity index is 2.29. The SMILES string of the molecule is CCCn1c(-c2cc(N)ccc2C)nc2cccnc21. The molecular formula is C16H18N4. The fourth-order valence-electron chi connectivity index (χ4n) is 2.48. The molecule has 2 aromatic heterocycles. The van der Waals surface area contributed by atoms with Crippen LogP contribution in [0.3, 0.4) is 0 Å². The van der Waals surface area contributed by atoms with E-state index in [1.54, 1.807) is 0 Å². The number of benzene rings is 1. The summed E-state index contributed by atoms with van der Waals surface area (Å²) in [7, 11) is 0. The summed E-state index contributed by atoms with van der Waals surface area (Å²) >= 11 is 0. The van der Waals surface area contributed by atoms with Crippen molar-refractivity contribution in [3.8, 4) is 11.4 Å². The largest absolute Gasteiger partial charge is 0.399 e. The average molecular weight is 266 g/mol. The quantitative estimate of drug-likeness (QED) is 0.739. The molecule has 20 heavy (non-hydrogen) atoms. The van der Waals surface area contributed by atoms with Crippen molar-refractivity contribution in [2.45, 2.75) is 26.8 Å². The zero-order valence-corrected chi connectivity index (χ0v) is 11.8. The van der Waals surface area contributed by atoms with Crippen molar-refractivity contribution in [3.05, 3.63) is 42.1 Å². The van der Waals surface area contributed by atoms with Gasteiger partial charge in [-0.1, -0.05) is 13.0 Å². The van der Waals surface area contributed by atoms with E-state index >= 15 is 0 Å². The minimum atomic E-state index is 0.758. The van der Waals surface area contributed by atoms with E-state index in [0.29, 0.717) is 0 Å². The summed E-state index contributed by atoms with van der Waals surface area (Å²) in [5.74, 6) is 0.949. The van der Waals surface area contributed by atoms with E-state index in [4.69, 9.17) is 10.7 Å². The normalized spacial score (nSPS) is 11.1. The predicted molar refractivity (Wildman–Crippen MR) is 82.4 cm³/mol. The van der Waals surface area contributed by atoms with Crippen LogP contribution >= 0.6 is 0 Å². The molecule has 0 aliphatic carbocycles. The minimum Gasteiger partial charge on any atom is -0.399 e. The molecule has 2 heterocycles. The standard InChI is InChI=1S/C16H18N4/c1-3-9-20-15(13-10-12(17)7-6-11(13)2)19-14-5-4-8-18-16(14)20/h4-8,10H,3,9,17H2,1-2H3. The van der Waals surface area contributed by atoms with Gasteiger partial charge in [-0.3, -0.25) is 0 Å². The molecule has 0 unspecified atom stereocenters. The highest BCUT2D eigenvalue weighted by Crippen LogP contribution is 2.28. The molecule has 4 heteroatoms. The Labute approximate surface area is 118 Å². The van der Waals surface area contributed by atoms with Crippen LogP contribution in [0.4, 0.5) is 5.69 Å². The van der Waals surface area contributed by atoms with Gasteiger partial charge in [-0.05, 0) is 43.2 Å². The Hall–Kier alpha value is -2.36. The Bertz CT molecular complexity index is 758. The highest BCUT2D eigenvalue weighted by atomic mass is 15.1. The molecule has 4 nitrogen and oxygen atoms in total. The van der Waals surface area contributed by atoms with Crippen molar-refractivity contribution in [3.63, 3.8) is 0 Å². The van der Waals surface area contributed by atoms with E-state index in [1.807, 2.05) is 36.5 Å². The van der Waals surface area contributed by atoms with Crippen LogP contribution in [0.5, 0.6) is 0 Å². The first-order chi connectivity index (χ1) is 9.70. The smallest absolute Gasteiger partial charge is 0.160 e. The molecule has 0 bridgehead atoms. The van der Waals surface area contributed by atoms with Gasteiger partial charge in [0, 0.05) is 24.0 Å². The number of hydrogen-bond acceptors (Lipinski definition) is 3. The number of nitrogens with two attached hydrogens (primary N) is 1. The van der Waals surface area contributed by atoms with E-state index in [0.717, 1.165) is 41.2 Å². The number of imidazole rings is 1. The van der Waals surface area contributed by atoms with Gasteiger partial charge in [-0.15, -0.1) is 0 Å². The molecule has 0 atom stereocenters. The number of aromatic nitrogens is 3. The van der Waals surface area contributed by atoms with Crippen LogP contribution in [0, 0.1) is 6.92 Å². The van der Waals surface area contributed by atoms with E-state index < -0.39 is 0 Å². The highest BCUT2D eigenvalue weighted by Gasteiger charge is 2.14. The maximum Gasteiger partial charge on any atom is 0.160 e. The molecule has 0 radical (unpaired) electrons. The van der Waals surface area contributed by atoms with Crippen molar-refractivity contribution in [1.29, 1.82) is 0 Å². The van der Waals surface area contributed by atoms with E-state index in [9.17, 15) is 0 Å². The van der Waals surface area contributed by atoms with Crippen LogP contribution in [0.2, 0.25) is 0 Å². The van der Waals surface area contributed by atoms with Crippen LogP contribution in [0.25, 0.3) is 22.6 Å². The summed E-state index contributed by atoms with van der Waals surface area (Å²) in [6, 6.07) is 9.86. The summed E-state index contributed by atoms with van der Waals surface area (Å²) in [4.78, 5) is 9.22. The highest BCUT2D eigenvalue weighted by molar-refractivity contribution is 5.78. The van der Waals surface area contributed by atoms with Gasteiger partial charge in [0.1, 0.15) is 11.3 Å². The maximum absolute atomic E-state index is 5.93. The van der Waals surface area contributed by atoms with E-state index in [1.165, 1.54) is 5.56 Å². The van der Waals surface area contributed by atoms with E-state index in [-0.39, 0.29) is 0 Å². The molecule has 0 saturated heterocycles. The molecule has 3 rings (SSSR count). The number of hydrogen-bond donors (Lipinski definition) is 1. The fraction of sp³-hybridized carbons (Fsp3) is 0.250. The molecule has 0 saturated carbocycles. The van der Waals surface area contributed by atoms with Gasteiger partial charge in [-0.25, -0.2) is 9.97 Å². The molecule has 0 fully saturated rings. The lowest BCUT2D eigenvalue weighted by molar-refractivity contribution is 0.698. The number of fused-ring (bicyclic) bond motifs is 1. The number of nitrogen functional groups attached to an aromatic ring is 1. The molecular weight excluding hydrogens is 248 g/mol. The third-order valence-corrected chi connectivity index (χ3v) is 3.45. The summed E-state index contributed by atoms with van der Waals surface area (Å²) in [5.41, 5.74) is 10.8. The second kappa shape index (κ2) is 4.96. The van der Waals surface area contributed by atoms with Gasteiger partial charge in [0.05, 0.1) is 0 Å². The molecule has 0 spiro atoms. The first-order valence-electron chi connectivity index (χ1n) is 6.88. The zero-order chi connectivity index (χ0) is 14.1. The van der Waals surface area contributed by atoms with E-state index in [2.05, 4.69) is 23.4 Å². The summed E-state index contributed by atoms with van der Waals surface area (Å²) in [6.07, 6.45) is 2.85. The molecule has 0 aliphatic rings. The number of rotatable bonds is 3. The van der Waals surface area contributed by atoms with Gasteiger partial charge in [0.25, 0.3) is 0 Å². The topological polar surface area (TPSA) is 56.7 Å². The van der Waals surface area contributed by atoms with Gasteiger partial charge in [0.2, 0.25) is 0 Å². The third-order valence-electron chi connectivity index (χ3n) is 3.45. The summed E-state index contributed by atoms with van der Waals surface area (Å²) in [6.45, 7) is 5.14. The van der Waals surface area contributed by atoms with Gasteiger partial charge >= 0.3 is 0 Å². The second-order valence-electron chi connectivity index (χ2n) is 5.01. The first kappa shape index (κ1) is 12.7. The number of nitrogens with zero attached hydrogens (tertiary/aromatic N) is 3. The van der Waals surface area contributed by atoms with Crippen molar-refractivity contribution in [2.75, 3.05) is 5.73 Å². The van der Waals surface area contributed by atoms with Crippen molar-refractivity contribution < 1.29 is 0 Å². The lowest BCUT2D eigenvalue weighted by Gasteiger charge is -2.10. The van der Waals surface area contributed by atoms with Crippen molar-refractivity contribution in [2.24, 2.45) is 0 Å². The average Bonchev–Trinajstić information content (AvgIpc) is 2.81. The molecule has 3 aromatic rings. The van der Waals surface area contributed by atoms with Crippen LogP contribution in [-0.2, 0) is 6.54 Å². The first-order valence-corrected chi connectivity index (χ1v) is 6.88. The van der Waals surface area contributed by atoms with Gasteiger partial charge in [-0.2, -0.15) is 0 Å². The van der Waals surface area contributed by atoms with Gasteiger partial charge in [0.15, 0.2) is 5.65 Å². The zero-order valence-electron chi connectivity index (χ0n) is 11.8. The van der Waals surface area contributed by atoms with Crippen LogP contribution in [0.15, 0.2) is 36.5 Å². The lowest BCUT2D eigenvalue weighted by atomic mass is 10.1. The molecule has 1 aromatic carbocycles. The Kier molecular flexibility index (Phi) is 3.14. The summed E-state index contributed by atoms with van der Waals surface area (Å²) in [5, 5.41) is 0. The van der Waals surface area contributed by atoms with Crippen LogP contribution in [0.1, 0.15) is 18.9 Å². The van der Waals surface area contributed by atoms with Crippen molar-refractivity contribution >= 4 is 16.9 Å². The lowest BCUT2D eigenvalue weighted by Crippen LogP contribution is -2.02. The minimum absolute atomic E-state index is 0.758. The number of aryl methyl sites for hydroxylation is 2. The van der Waals surface area contributed by atoms with Crippen LogP contribution < -0.4 is 5.73 Å². The Morgan fingerprint density at radius 2 is 2.10 bits per heavy atom. The monoisotopic (exact) mass is 266 g/mol. The number of pyridine rings is 1.